The van der Waals surface area contributed by atoms with Gasteiger partial charge in [-0.2, -0.15) is 8.42 Å². The molecule has 9 heteroatoms. The van der Waals surface area contributed by atoms with Crippen LogP contribution in [0.4, 0.5) is 5.69 Å². The zero-order valence-electron chi connectivity index (χ0n) is 15.9. The molecule has 2 aliphatic heterocycles. The SMILES string of the molecule is CC1CCNCC1NC(=O)c1ccc(NC2=NS(=O)(=O)c3ccccc32)cc1.Cl. The van der Waals surface area contributed by atoms with Crippen LogP contribution in [0.1, 0.15) is 29.3 Å². The van der Waals surface area contributed by atoms with Gasteiger partial charge in [0.15, 0.2) is 5.84 Å². The summed E-state index contributed by atoms with van der Waals surface area (Å²) in [5.74, 6) is 0.613. The Morgan fingerprint density at radius 2 is 1.86 bits per heavy atom. The minimum atomic E-state index is -3.66. The van der Waals surface area contributed by atoms with Crippen LogP contribution < -0.4 is 16.0 Å². The maximum Gasteiger partial charge on any atom is 0.285 e. The van der Waals surface area contributed by atoms with Gasteiger partial charge >= 0.3 is 0 Å². The highest BCUT2D eigenvalue weighted by molar-refractivity contribution is 7.90. The second-order valence-corrected chi connectivity index (χ2v) is 8.74. The van der Waals surface area contributed by atoms with E-state index in [2.05, 4.69) is 27.3 Å². The first kappa shape index (κ1) is 21.3. The molecule has 1 saturated heterocycles. The largest absolute Gasteiger partial charge is 0.348 e. The lowest BCUT2D eigenvalue weighted by Gasteiger charge is -2.30. The van der Waals surface area contributed by atoms with Crippen molar-refractivity contribution in [2.24, 2.45) is 10.3 Å². The Labute approximate surface area is 176 Å². The van der Waals surface area contributed by atoms with Crippen LogP contribution in [0.25, 0.3) is 0 Å². The summed E-state index contributed by atoms with van der Waals surface area (Å²) in [6, 6.07) is 13.7. The molecule has 2 aromatic rings. The predicted molar refractivity (Wildman–Crippen MR) is 115 cm³/mol. The van der Waals surface area contributed by atoms with Crippen LogP contribution in [0.5, 0.6) is 0 Å². The monoisotopic (exact) mass is 434 g/mol. The molecule has 0 aromatic heterocycles. The third kappa shape index (κ3) is 4.44. The van der Waals surface area contributed by atoms with Gasteiger partial charge in [0.05, 0.1) is 0 Å². The molecule has 0 radical (unpaired) electrons. The van der Waals surface area contributed by atoms with Crippen molar-refractivity contribution in [3.63, 3.8) is 0 Å². The number of sulfonamides is 1. The lowest BCUT2D eigenvalue weighted by molar-refractivity contribution is 0.0915. The number of piperidine rings is 1. The summed E-state index contributed by atoms with van der Waals surface area (Å²) in [5.41, 5.74) is 1.77. The minimum Gasteiger partial charge on any atom is -0.348 e. The van der Waals surface area contributed by atoms with E-state index >= 15 is 0 Å². The Kier molecular flexibility index (Phi) is 6.26. The van der Waals surface area contributed by atoms with E-state index in [1.54, 1.807) is 42.5 Å². The van der Waals surface area contributed by atoms with E-state index in [9.17, 15) is 13.2 Å². The molecule has 2 atom stereocenters. The molecule has 2 aromatic carbocycles. The minimum absolute atomic E-state index is 0. The smallest absolute Gasteiger partial charge is 0.285 e. The molecule has 0 aliphatic carbocycles. The van der Waals surface area contributed by atoms with Gasteiger partial charge in [-0.15, -0.1) is 16.8 Å². The number of amides is 1. The number of hydrogen-bond donors (Lipinski definition) is 3. The van der Waals surface area contributed by atoms with Crippen molar-refractivity contribution < 1.29 is 13.2 Å². The fraction of sp³-hybridized carbons (Fsp3) is 0.300. The van der Waals surface area contributed by atoms with Crippen LogP contribution in [0.15, 0.2) is 57.8 Å². The summed E-state index contributed by atoms with van der Waals surface area (Å²) in [6.07, 6.45) is 1.04. The first-order valence-corrected chi connectivity index (χ1v) is 10.7. The number of hydrogen-bond acceptors (Lipinski definition) is 5. The molecule has 29 heavy (non-hydrogen) atoms. The first-order valence-electron chi connectivity index (χ1n) is 9.27. The second kappa shape index (κ2) is 8.52. The van der Waals surface area contributed by atoms with Crippen LogP contribution in [0, 0.1) is 5.92 Å². The van der Waals surface area contributed by atoms with Crippen molar-refractivity contribution in [2.75, 3.05) is 18.4 Å². The van der Waals surface area contributed by atoms with Gasteiger partial charge in [-0.05, 0) is 55.3 Å². The number of nitrogens with one attached hydrogen (secondary N) is 3. The van der Waals surface area contributed by atoms with E-state index in [0.29, 0.717) is 22.7 Å². The van der Waals surface area contributed by atoms with E-state index in [1.807, 2.05) is 0 Å². The summed E-state index contributed by atoms with van der Waals surface area (Å²) in [6.45, 7) is 3.91. The number of fused-ring (bicyclic) bond motifs is 1. The van der Waals surface area contributed by atoms with Gasteiger partial charge in [0.25, 0.3) is 15.9 Å². The van der Waals surface area contributed by atoms with Crippen molar-refractivity contribution in [3.05, 3.63) is 59.7 Å². The fourth-order valence-electron chi connectivity index (χ4n) is 3.47. The number of rotatable bonds is 3. The van der Waals surface area contributed by atoms with Crippen LogP contribution >= 0.6 is 12.4 Å². The molecule has 2 unspecified atom stereocenters. The average Bonchev–Trinajstić information content (AvgIpc) is 2.95. The standard InChI is InChI=1S/C20H22N4O3S.ClH/c1-13-10-11-21-12-17(13)23-20(25)14-6-8-15(9-7-14)22-19-16-4-2-3-5-18(16)28(26,27)24-19;/h2-9,13,17,21H,10-12H2,1H3,(H,22,24)(H,23,25);1H. The lowest BCUT2D eigenvalue weighted by Crippen LogP contribution is -2.50. The molecule has 3 N–H and O–H groups in total. The molecule has 1 amide bonds. The summed E-state index contributed by atoms with van der Waals surface area (Å²) < 4.78 is 28.1. The maximum atomic E-state index is 12.5. The molecular formula is C20H23ClN4O3S. The molecule has 0 spiro atoms. The fourth-order valence-corrected chi connectivity index (χ4v) is 4.65. The van der Waals surface area contributed by atoms with Crippen molar-refractivity contribution in [1.82, 2.24) is 10.6 Å². The number of carbonyl (C=O) groups is 1. The third-order valence-electron chi connectivity index (χ3n) is 5.19. The number of nitrogens with zero attached hydrogens (tertiary/aromatic N) is 1. The van der Waals surface area contributed by atoms with Crippen LogP contribution in [0.3, 0.4) is 0 Å². The van der Waals surface area contributed by atoms with Gasteiger partial charge < -0.3 is 16.0 Å². The predicted octanol–water partition coefficient (Wildman–Crippen LogP) is 2.40. The quantitative estimate of drug-likeness (QED) is 0.688. The Hall–Kier alpha value is -2.42. The highest BCUT2D eigenvalue weighted by atomic mass is 35.5. The summed E-state index contributed by atoms with van der Waals surface area (Å²) >= 11 is 0. The van der Waals surface area contributed by atoms with E-state index in [1.165, 1.54) is 6.07 Å². The van der Waals surface area contributed by atoms with Gasteiger partial charge in [-0.3, -0.25) is 4.79 Å². The van der Waals surface area contributed by atoms with Gasteiger partial charge in [0, 0.05) is 29.4 Å². The van der Waals surface area contributed by atoms with E-state index in [0.717, 1.165) is 19.5 Å². The van der Waals surface area contributed by atoms with Crippen LogP contribution in [-0.4, -0.2) is 39.3 Å². The summed E-state index contributed by atoms with van der Waals surface area (Å²) in [7, 11) is -3.66. The molecule has 0 saturated carbocycles. The zero-order chi connectivity index (χ0) is 19.7. The lowest BCUT2D eigenvalue weighted by atomic mass is 9.94. The number of halogens is 1. The van der Waals surface area contributed by atoms with E-state index in [4.69, 9.17) is 0 Å². The number of amidine groups is 1. The Morgan fingerprint density at radius 1 is 1.14 bits per heavy atom. The Morgan fingerprint density at radius 3 is 2.59 bits per heavy atom. The van der Waals surface area contributed by atoms with Gasteiger partial charge in [-0.1, -0.05) is 19.1 Å². The van der Waals surface area contributed by atoms with E-state index < -0.39 is 10.0 Å². The first-order chi connectivity index (χ1) is 13.4. The van der Waals surface area contributed by atoms with E-state index in [-0.39, 0.29) is 35.1 Å². The molecule has 2 heterocycles. The number of anilines is 1. The highest BCUT2D eigenvalue weighted by Gasteiger charge is 2.28. The second-order valence-electron chi connectivity index (χ2n) is 7.16. The van der Waals surface area contributed by atoms with Crippen molar-refractivity contribution in [3.8, 4) is 0 Å². The summed E-state index contributed by atoms with van der Waals surface area (Å²) in [5, 5.41) is 9.41. The Bertz CT molecular complexity index is 1040. The average molecular weight is 435 g/mol. The third-order valence-corrected chi connectivity index (χ3v) is 6.52. The van der Waals surface area contributed by atoms with Crippen molar-refractivity contribution >= 4 is 39.9 Å². The molecule has 4 rings (SSSR count). The van der Waals surface area contributed by atoms with Crippen molar-refractivity contribution in [1.29, 1.82) is 0 Å². The molecule has 2 aliphatic rings. The molecule has 154 valence electrons. The normalized spacial score (nSPS) is 22.0. The highest BCUT2D eigenvalue weighted by Crippen LogP contribution is 2.26. The van der Waals surface area contributed by atoms with Crippen LogP contribution in [-0.2, 0) is 10.0 Å². The van der Waals surface area contributed by atoms with Crippen molar-refractivity contribution in [2.45, 2.75) is 24.3 Å². The molecule has 7 nitrogen and oxygen atoms in total. The molecular weight excluding hydrogens is 412 g/mol. The van der Waals surface area contributed by atoms with Gasteiger partial charge in [0.2, 0.25) is 0 Å². The zero-order valence-corrected chi connectivity index (χ0v) is 17.5. The topological polar surface area (TPSA) is 99.7 Å². The number of carbonyl (C=O) groups excluding carboxylic acids is 1. The van der Waals surface area contributed by atoms with Crippen LogP contribution in [0.2, 0.25) is 0 Å². The molecule has 1 fully saturated rings. The van der Waals surface area contributed by atoms with Gasteiger partial charge in [0.1, 0.15) is 4.90 Å². The molecule has 0 bridgehead atoms. The maximum absolute atomic E-state index is 12.5. The number of benzene rings is 2. The summed E-state index contributed by atoms with van der Waals surface area (Å²) in [4.78, 5) is 12.7. The Balaban J connectivity index is 0.00000240. The van der Waals surface area contributed by atoms with Gasteiger partial charge in [-0.25, -0.2) is 0 Å².